The van der Waals surface area contributed by atoms with Crippen molar-refractivity contribution in [3.05, 3.63) is 18.1 Å². The van der Waals surface area contributed by atoms with Gasteiger partial charge in [-0.15, -0.1) is 0 Å². The van der Waals surface area contributed by atoms with E-state index in [-0.39, 0.29) is 5.82 Å². The summed E-state index contributed by atoms with van der Waals surface area (Å²) in [6, 6.07) is 0. The summed E-state index contributed by atoms with van der Waals surface area (Å²) in [5, 5.41) is 0. The first-order chi connectivity index (χ1) is 7.29. The summed E-state index contributed by atoms with van der Waals surface area (Å²) >= 11 is 0. The van der Waals surface area contributed by atoms with Gasteiger partial charge in [0.1, 0.15) is 0 Å². The second-order valence-corrected chi connectivity index (χ2v) is 5.07. The number of carbonyl (C=O) groups excluding carboxylic acids is 1. The number of hydrogen-bond acceptors (Lipinski definition) is 5. The van der Waals surface area contributed by atoms with Gasteiger partial charge in [-0.3, -0.25) is 14.5 Å². The highest BCUT2D eigenvalue weighted by Gasteiger charge is 2.13. The van der Waals surface area contributed by atoms with Crippen LogP contribution in [0.15, 0.2) is 12.4 Å². The third-order valence-corrected chi connectivity index (χ3v) is 2.41. The van der Waals surface area contributed by atoms with E-state index in [0.29, 0.717) is 5.69 Å². The van der Waals surface area contributed by atoms with Gasteiger partial charge in [0.25, 0.3) is 0 Å². The van der Waals surface area contributed by atoms with Gasteiger partial charge in [0.2, 0.25) is 15.9 Å². The smallest absolute Gasteiger partial charge is 0.231 e. The summed E-state index contributed by atoms with van der Waals surface area (Å²) in [6.45, 7) is 1.59. The van der Waals surface area contributed by atoms with Crippen LogP contribution in [0.5, 0.6) is 0 Å². The van der Waals surface area contributed by atoms with Gasteiger partial charge in [0, 0.05) is 0 Å². The molecule has 7 nitrogen and oxygen atoms in total. The maximum Gasteiger partial charge on any atom is 0.231 e. The molecule has 1 heterocycles. The van der Waals surface area contributed by atoms with E-state index in [1.807, 2.05) is 0 Å². The van der Waals surface area contributed by atoms with Crippen LogP contribution in [0, 0.1) is 0 Å². The zero-order valence-electron chi connectivity index (χ0n) is 8.84. The summed E-state index contributed by atoms with van der Waals surface area (Å²) < 4.78 is 23.9. The van der Waals surface area contributed by atoms with Crippen molar-refractivity contribution < 1.29 is 13.2 Å². The molecule has 0 bridgehead atoms. The van der Waals surface area contributed by atoms with Gasteiger partial charge in [-0.25, -0.2) is 13.4 Å². The molecule has 16 heavy (non-hydrogen) atoms. The topological polar surface area (TPSA) is 115 Å². The number of anilines is 1. The van der Waals surface area contributed by atoms with Crippen molar-refractivity contribution >= 4 is 21.7 Å². The first-order valence-electron chi connectivity index (χ1n) is 4.38. The molecule has 88 valence electrons. The Balaban J connectivity index is 2.87. The van der Waals surface area contributed by atoms with Gasteiger partial charge >= 0.3 is 0 Å². The quantitative estimate of drug-likeness (QED) is 0.736. The predicted molar refractivity (Wildman–Crippen MR) is 58.1 cm³/mol. The number of carbonyl (C=O) groups is 1. The largest absolute Gasteiger partial charge is 0.369 e. The maximum atomic E-state index is 10.9. The lowest BCUT2D eigenvalue weighted by atomic mass is 10.1. The second-order valence-electron chi connectivity index (χ2n) is 3.32. The highest BCUT2D eigenvalue weighted by molar-refractivity contribution is 7.92. The third kappa shape index (κ3) is 3.46. The Labute approximate surface area is 93.1 Å². The Kier molecular flexibility index (Phi) is 3.43. The van der Waals surface area contributed by atoms with Crippen LogP contribution in [0.1, 0.15) is 18.5 Å². The Morgan fingerprint density at radius 3 is 2.44 bits per heavy atom. The van der Waals surface area contributed by atoms with Crippen molar-refractivity contribution in [2.75, 3.05) is 11.0 Å². The SMILES string of the molecule is CC(C(N)=O)c1cnc(NS(C)(=O)=O)cn1. The fourth-order valence-electron chi connectivity index (χ4n) is 0.950. The van der Waals surface area contributed by atoms with Crippen LogP contribution in [0.2, 0.25) is 0 Å². The number of amides is 1. The predicted octanol–water partition coefficient (Wildman–Crippen LogP) is -0.563. The number of hydrogen-bond donors (Lipinski definition) is 2. The molecule has 1 aromatic heterocycles. The van der Waals surface area contributed by atoms with Gasteiger partial charge in [-0.05, 0) is 6.92 Å². The number of sulfonamides is 1. The molecule has 0 saturated heterocycles. The van der Waals surface area contributed by atoms with Crippen molar-refractivity contribution in [2.45, 2.75) is 12.8 Å². The van der Waals surface area contributed by atoms with E-state index >= 15 is 0 Å². The molecule has 1 rings (SSSR count). The van der Waals surface area contributed by atoms with Crippen LogP contribution >= 0.6 is 0 Å². The van der Waals surface area contributed by atoms with Crippen LogP contribution in [0.3, 0.4) is 0 Å². The van der Waals surface area contributed by atoms with Crippen molar-refractivity contribution in [2.24, 2.45) is 5.73 Å². The minimum absolute atomic E-state index is 0.0999. The summed E-state index contributed by atoms with van der Waals surface area (Å²) in [5.41, 5.74) is 5.48. The molecule has 0 saturated carbocycles. The van der Waals surface area contributed by atoms with E-state index in [2.05, 4.69) is 14.7 Å². The highest BCUT2D eigenvalue weighted by atomic mass is 32.2. The van der Waals surface area contributed by atoms with Gasteiger partial charge in [-0.2, -0.15) is 0 Å². The van der Waals surface area contributed by atoms with E-state index in [9.17, 15) is 13.2 Å². The fourth-order valence-corrected chi connectivity index (χ4v) is 1.44. The van der Waals surface area contributed by atoms with Crippen LogP contribution in [-0.4, -0.2) is 30.5 Å². The van der Waals surface area contributed by atoms with Gasteiger partial charge in [-0.1, -0.05) is 0 Å². The average Bonchev–Trinajstić information content (AvgIpc) is 2.15. The van der Waals surface area contributed by atoms with Crippen molar-refractivity contribution in [3.8, 4) is 0 Å². The van der Waals surface area contributed by atoms with E-state index < -0.39 is 21.8 Å². The minimum Gasteiger partial charge on any atom is -0.369 e. The summed E-state index contributed by atoms with van der Waals surface area (Å²) in [6.07, 6.45) is 3.55. The number of rotatable bonds is 4. The first kappa shape index (κ1) is 12.4. The van der Waals surface area contributed by atoms with Gasteiger partial charge in [0.05, 0.1) is 30.3 Å². The van der Waals surface area contributed by atoms with Crippen molar-refractivity contribution in [3.63, 3.8) is 0 Å². The lowest BCUT2D eigenvalue weighted by Gasteiger charge is -2.07. The fraction of sp³-hybridized carbons (Fsp3) is 0.375. The molecular formula is C8H12N4O3S. The van der Waals surface area contributed by atoms with E-state index in [4.69, 9.17) is 5.73 Å². The van der Waals surface area contributed by atoms with Gasteiger partial charge in [0.15, 0.2) is 5.82 Å². The molecule has 8 heteroatoms. The molecule has 3 N–H and O–H groups in total. The molecule has 1 atom stereocenters. The van der Waals surface area contributed by atoms with Crippen LogP contribution in [0.4, 0.5) is 5.82 Å². The van der Waals surface area contributed by atoms with Crippen molar-refractivity contribution in [1.29, 1.82) is 0 Å². The van der Waals surface area contributed by atoms with Crippen LogP contribution in [0.25, 0.3) is 0 Å². The number of primary amides is 1. The van der Waals surface area contributed by atoms with Crippen LogP contribution in [-0.2, 0) is 14.8 Å². The third-order valence-electron chi connectivity index (χ3n) is 1.83. The second kappa shape index (κ2) is 4.44. The first-order valence-corrected chi connectivity index (χ1v) is 6.28. The number of nitrogens with zero attached hydrogens (tertiary/aromatic N) is 2. The Morgan fingerprint density at radius 1 is 1.44 bits per heavy atom. The summed E-state index contributed by atoms with van der Waals surface area (Å²) in [4.78, 5) is 18.6. The Morgan fingerprint density at radius 2 is 2.06 bits per heavy atom. The standard InChI is InChI=1S/C8H12N4O3S/c1-5(8(9)13)6-3-11-7(4-10-6)12-16(2,14)15/h3-5H,1-2H3,(H2,9,13)(H,11,12). The molecule has 1 amide bonds. The molecule has 0 aliphatic rings. The maximum absolute atomic E-state index is 10.9. The summed E-state index contributed by atoms with van der Waals surface area (Å²) in [5.74, 6) is -0.971. The molecular weight excluding hydrogens is 232 g/mol. The van der Waals surface area contributed by atoms with E-state index in [0.717, 1.165) is 6.26 Å². The monoisotopic (exact) mass is 244 g/mol. The highest BCUT2D eigenvalue weighted by Crippen LogP contribution is 2.12. The lowest BCUT2D eigenvalue weighted by molar-refractivity contribution is -0.119. The Bertz CT molecular complexity index is 483. The number of nitrogens with two attached hydrogens (primary N) is 1. The average molecular weight is 244 g/mol. The van der Waals surface area contributed by atoms with Crippen molar-refractivity contribution in [1.82, 2.24) is 9.97 Å². The minimum atomic E-state index is -3.37. The number of nitrogens with one attached hydrogen (secondary N) is 1. The summed E-state index contributed by atoms with van der Waals surface area (Å²) in [7, 11) is -3.37. The molecule has 0 aliphatic carbocycles. The molecule has 0 aliphatic heterocycles. The Hall–Kier alpha value is -1.70. The molecule has 1 aromatic rings. The van der Waals surface area contributed by atoms with Gasteiger partial charge < -0.3 is 5.73 Å². The molecule has 0 spiro atoms. The molecule has 0 radical (unpaired) electrons. The lowest BCUT2D eigenvalue weighted by Crippen LogP contribution is -2.20. The zero-order valence-corrected chi connectivity index (χ0v) is 9.65. The molecule has 0 aromatic carbocycles. The van der Waals surface area contributed by atoms with E-state index in [1.54, 1.807) is 6.92 Å². The molecule has 0 fully saturated rings. The molecule has 1 unspecified atom stereocenters. The number of aromatic nitrogens is 2. The normalized spacial score (nSPS) is 13.1. The van der Waals surface area contributed by atoms with Crippen LogP contribution < -0.4 is 10.5 Å². The van der Waals surface area contributed by atoms with E-state index in [1.165, 1.54) is 12.4 Å². The zero-order chi connectivity index (χ0) is 12.3.